The molecule has 7 heteroatoms. The van der Waals surface area contributed by atoms with Gasteiger partial charge in [0.2, 0.25) is 10.0 Å². The van der Waals surface area contributed by atoms with E-state index in [1.54, 1.807) is 0 Å². The van der Waals surface area contributed by atoms with Gasteiger partial charge in [-0.3, -0.25) is 0 Å². The lowest BCUT2D eigenvalue weighted by atomic mass is 9.80. The van der Waals surface area contributed by atoms with Crippen LogP contribution in [0.2, 0.25) is 0 Å². The number of rotatable bonds is 3. The summed E-state index contributed by atoms with van der Waals surface area (Å²) in [6.45, 7) is 7.21. The molecule has 1 fully saturated rings. The van der Waals surface area contributed by atoms with Gasteiger partial charge in [-0.05, 0) is 29.2 Å². The standard InChI is InChI=1S/C13H19NO4S2/c1-13(2,3)9-4-6-14(8-9)20(17,18)10-5-7-19-11(10)12(15)16/h5,7,9H,4,6,8H2,1-3H3,(H,15,16). The average Bonchev–Trinajstić information content (AvgIpc) is 2.98. The first-order valence-electron chi connectivity index (χ1n) is 6.45. The number of carboxylic acids is 1. The third-order valence-electron chi connectivity index (χ3n) is 3.82. The summed E-state index contributed by atoms with van der Waals surface area (Å²) in [6, 6.07) is 1.38. The molecular weight excluding hydrogens is 298 g/mol. The lowest BCUT2D eigenvalue weighted by Crippen LogP contribution is -2.31. The largest absolute Gasteiger partial charge is 0.477 e. The second-order valence-electron chi connectivity index (χ2n) is 6.13. The number of sulfonamides is 1. The van der Waals surface area contributed by atoms with Crippen LogP contribution in [0.15, 0.2) is 16.3 Å². The van der Waals surface area contributed by atoms with Crippen molar-refractivity contribution < 1.29 is 18.3 Å². The minimum atomic E-state index is -3.70. The molecule has 0 aliphatic carbocycles. The predicted octanol–water partition coefficient (Wildman–Crippen LogP) is 2.50. The molecule has 1 saturated heterocycles. The molecule has 1 aromatic heterocycles. The third-order valence-corrected chi connectivity index (χ3v) is 6.76. The van der Waals surface area contributed by atoms with Crippen LogP contribution in [0, 0.1) is 11.3 Å². The highest BCUT2D eigenvalue weighted by molar-refractivity contribution is 7.89. The molecule has 1 aliphatic rings. The number of carbonyl (C=O) groups is 1. The van der Waals surface area contributed by atoms with E-state index in [2.05, 4.69) is 20.8 Å². The normalized spacial score (nSPS) is 21.2. The van der Waals surface area contributed by atoms with Crippen LogP contribution in [0.3, 0.4) is 0 Å². The maximum absolute atomic E-state index is 12.6. The van der Waals surface area contributed by atoms with Crippen molar-refractivity contribution in [2.75, 3.05) is 13.1 Å². The van der Waals surface area contributed by atoms with Crippen LogP contribution >= 0.6 is 11.3 Å². The summed E-state index contributed by atoms with van der Waals surface area (Å²) < 4.78 is 26.5. The molecule has 2 rings (SSSR count). The van der Waals surface area contributed by atoms with Gasteiger partial charge in [-0.2, -0.15) is 4.31 Å². The topological polar surface area (TPSA) is 74.7 Å². The Hall–Kier alpha value is -0.920. The molecule has 1 aliphatic heterocycles. The molecule has 0 radical (unpaired) electrons. The van der Waals surface area contributed by atoms with E-state index in [0.717, 1.165) is 17.8 Å². The van der Waals surface area contributed by atoms with Gasteiger partial charge < -0.3 is 5.11 Å². The van der Waals surface area contributed by atoms with E-state index in [4.69, 9.17) is 5.11 Å². The quantitative estimate of drug-likeness (QED) is 0.929. The summed E-state index contributed by atoms with van der Waals surface area (Å²) >= 11 is 0.944. The van der Waals surface area contributed by atoms with E-state index in [9.17, 15) is 13.2 Å². The molecule has 5 nitrogen and oxygen atoms in total. The van der Waals surface area contributed by atoms with Gasteiger partial charge in [0.1, 0.15) is 9.77 Å². The van der Waals surface area contributed by atoms with Crippen molar-refractivity contribution in [1.29, 1.82) is 0 Å². The van der Waals surface area contributed by atoms with Crippen LogP contribution < -0.4 is 0 Å². The number of nitrogens with zero attached hydrogens (tertiary/aromatic N) is 1. The zero-order chi connectivity index (χ0) is 15.1. The van der Waals surface area contributed by atoms with E-state index in [1.807, 2.05) is 0 Å². The smallest absolute Gasteiger partial charge is 0.347 e. The fraction of sp³-hybridized carbons (Fsp3) is 0.615. The molecule has 0 spiro atoms. The van der Waals surface area contributed by atoms with E-state index >= 15 is 0 Å². The molecule has 1 unspecified atom stereocenters. The average molecular weight is 317 g/mol. The van der Waals surface area contributed by atoms with Crippen molar-refractivity contribution in [2.24, 2.45) is 11.3 Å². The first-order valence-corrected chi connectivity index (χ1v) is 8.77. The van der Waals surface area contributed by atoms with E-state index in [-0.39, 0.29) is 15.2 Å². The Morgan fingerprint density at radius 3 is 2.60 bits per heavy atom. The van der Waals surface area contributed by atoms with Gasteiger partial charge >= 0.3 is 5.97 Å². The molecular formula is C13H19NO4S2. The molecule has 112 valence electrons. The molecule has 0 bridgehead atoms. The number of hydrogen-bond acceptors (Lipinski definition) is 4. The maximum Gasteiger partial charge on any atom is 0.347 e. The van der Waals surface area contributed by atoms with Crippen molar-refractivity contribution in [3.05, 3.63) is 16.3 Å². The second-order valence-corrected chi connectivity index (χ2v) is 8.96. The van der Waals surface area contributed by atoms with Crippen LogP contribution in [-0.4, -0.2) is 36.9 Å². The van der Waals surface area contributed by atoms with Gasteiger partial charge in [0.25, 0.3) is 0 Å². The van der Waals surface area contributed by atoms with Gasteiger partial charge in [0.05, 0.1) is 0 Å². The Labute approximate surface area is 123 Å². The number of carboxylic acid groups (broad SMARTS) is 1. The fourth-order valence-corrected chi connectivity index (χ4v) is 5.18. The van der Waals surface area contributed by atoms with E-state index < -0.39 is 16.0 Å². The van der Waals surface area contributed by atoms with Gasteiger partial charge in [-0.25, -0.2) is 13.2 Å². The lowest BCUT2D eigenvalue weighted by molar-refractivity contribution is 0.0698. The molecule has 20 heavy (non-hydrogen) atoms. The van der Waals surface area contributed by atoms with Crippen molar-refractivity contribution in [3.63, 3.8) is 0 Å². The fourth-order valence-electron chi connectivity index (χ4n) is 2.45. The molecule has 0 aromatic carbocycles. The first-order chi connectivity index (χ1) is 9.14. The molecule has 1 N–H and O–H groups in total. The highest BCUT2D eigenvalue weighted by Crippen LogP contribution is 2.36. The Balaban J connectivity index is 2.29. The minimum absolute atomic E-state index is 0.0501. The number of hydrogen-bond donors (Lipinski definition) is 1. The summed E-state index contributed by atoms with van der Waals surface area (Å²) in [5.74, 6) is -0.894. The van der Waals surface area contributed by atoms with E-state index in [0.29, 0.717) is 19.0 Å². The van der Waals surface area contributed by atoms with E-state index in [1.165, 1.54) is 15.8 Å². The summed E-state index contributed by atoms with van der Waals surface area (Å²) in [5.41, 5.74) is 0.0501. The van der Waals surface area contributed by atoms with Gasteiger partial charge in [0.15, 0.2) is 0 Å². The zero-order valence-electron chi connectivity index (χ0n) is 11.8. The Morgan fingerprint density at radius 1 is 1.45 bits per heavy atom. The Kier molecular flexibility index (Phi) is 3.96. The van der Waals surface area contributed by atoms with Crippen LogP contribution in [0.25, 0.3) is 0 Å². The molecule has 2 heterocycles. The third kappa shape index (κ3) is 2.75. The second kappa shape index (κ2) is 5.13. The summed E-state index contributed by atoms with van der Waals surface area (Å²) in [7, 11) is -3.70. The number of aromatic carboxylic acids is 1. The van der Waals surface area contributed by atoms with Gasteiger partial charge in [-0.1, -0.05) is 20.8 Å². The first kappa shape index (κ1) is 15.5. The van der Waals surface area contributed by atoms with Crippen molar-refractivity contribution >= 4 is 27.3 Å². The molecule has 1 aromatic rings. The van der Waals surface area contributed by atoms with Gasteiger partial charge in [0, 0.05) is 13.1 Å². The van der Waals surface area contributed by atoms with Crippen molar-refractivity contribution in [2.45, 2.75) is 32.1 Å². The zero-order valence-corrected chi connectivity index (χ0v) is 13.4. The SMILES string of the molecule is CC(C)(C)C1CCN(S(=O)(=O)c2ccsc2C(=O)O)C1. The van der Waals surface area contributed by atoms with Crippen LogP contribution in [0.4, 0.5) is 0 Å². The molecule has 1 atom stereocenters. The predicted molar refractivity (Wildman–Crippen MR) is 77.6 cm³/mol. The summed E-state index contributed by atoms with van der Waals surface area (Å²) in [5, 5.41) is 10.6. The number of thiophene rings is 1. The lowest BCUT2D eigenvalue weighted by Gasteiger charge is -2.26. The molecule has 0 saturated carbocycles. The van der Waals surface area contributed by atoms with Crippen molar-refractivity contribution in [3.8, 4) is 0 Å². The van der Waals surface area contributed by atoms with Crippen molar-refractivity contribution in [1.82, 2.24) is 4.31 Å². The minimum Gasteiger partial charge on any atom is -0.477 e. The Morgan fingerprint density at radius 2 is 2.10 bits per heavy atom. The highest BCUT2D eigenvalue weighted by Gasteiger charge is 2.39. The molecule has 0 amide bonds. The van der Waals surface area contributed by atoms with Crippen LogP contribution in [-0.2, 0) is 10.0 Å². The highest BCUT2D eigenvalue weighted by atomic mass is 32.2. The summed E-state index contributed by atoms with van der Waals surface area (Å²) in [6.07, 6.45) is 0.815. The monoisotopic (exact) mass is 317 g/mol. The maximum atomic E-state index is 12.6. The van der Waals surface area contributed by atoms with Crippen LogP contribution in [0.5, 0.6) is 0 Å². The van der Waals surface area contributed by atoms with Crippen LogP contribution in [0.1, 0.15) is 36.9 Å². The summed E-state index contributed by atoms with van der Waals surface area (Å²) in [4.78, 5) is 10.9. The Bertz CT molecular complexity index is 613. The van der Waals surface area contributed by atoms with Gasteiger partial charge in [-0.15, -0.1) is 11.3 Å².